The van der Waals surface area contributed by atoms with E-state index in [1.807, 2.05) is 12.1 Å². The molecule has 1 aromatic heterocycles. The number of methoxy groups -OCH3 is 1. The molecule has 5 rings (SSSR count). The summed E-state index contributed by atoms with van der Waals surface area (Å²) in [4.78, 5) is 17.9. The van der Waals surface area contributed by atoms with Gasteiger partial charge in [-0.2, -0.15) is 0 Å². The number of piperidine rings is 3. The summed E-state index contributed by atoms with van der Waals surface area (Å²) in [6.07, 6.45) is 2.38. The van der Waals surface area contributed by atoms with Gasteiger partial charge in [0.2, 0.25) is 5.88 Å². The van der Waals surface area contributed by atoms with Crippen LogP contribution in [0.15, 0.2) is 36.9 Å². The van der Waals surface area contributed by atoms with E-state index in [-0.39, 0.29) is 11.9 Å². The number of ether oxygens (including phenoxy) is 2. The molecule has 3 saturated heterocycles. The molecular formula is C21H25N3O4. The maximum Gasteiger partial charge on any atom is 0.411 e. The quantitative estimate of drug-likeness (QED) is 0.771. The van der Waals surface area contributed by atoms with Gasteiger partial charge in [-0.15, -0.1) is 6.58 Å². The van der Waals surface area contributed by atoms with Crippen LogP contribution in [0.2, 0.25) is 0 Å². The number of rotatable bonds is 5. The lowest BCUT2D eigenvalue weighted by atomic mass is 9.73. The van der Waals surface area contributed by atoms with Crippen LogP contribution in [-0.4, -0.2) is 47.3 Å². The highest BCUT2D eigenvalue weighted by molar-refractivity contribution is 5.85. The van der Waals surface area contributed by atoms with Crippen LogP contribution in [0.5, 0.6) is 11.6 Å². The van der Waals surface area contributed by atoms with Crippen molar-refractivity contribution in [3.63, 3.8) is 0 Å². The fraction of sp³-hybridized carbons (Fsp3) is 0.429. The zero-order chi connectivity index (χ0) is 19.8. The largest absolute Gasteiger partial charge is 0.497 e. The van der Waals surface area contributed by atoms with Crippen LogP contribution in [0.4, 0.5) is 4.79 Å². The van der Waals surface area contributed by atoms with Crippen molar-refractivity contribution >= 4 is 17.0 Å². The van der Waals surface area contributed by atoms with Gasteiger partial charge in [-0.3, -0.25) is 4.90 Å². The first-order valence-corrected chi connectivity index (χ1v) is 9.50. The SMILES string of the molecule is C=C[C@H]1CN2CCC1C[C@H]2[C@H](O)c1cc(OC(N)=O)nc2ccc(OC)cc12. The van der Waals surface area contributed by atoms with Crippen molar-refractivity contribution in [3.8, 4) is 11.6 Å². The van der Waals surface area contributed by atoms with E-state index in [1.54, 1.807) is 25.3 Å². The predicted molar refractivity (Wildman–Crippen MR) is 105 cm³/mol. The molecule has 0 aliphatic carbocycles. The van der Waals surface area contributed by atoms with E-state index < -0.39 is 12.2 Å². The van der Waals surface area contributed by atoms with E-state index >= 15 is 0 Å². The Labute approximate surface area is 163 Å². The van der Waals surface area contributed by atoms with Gasteiger partial charge in [0.15, 0.2) is 0 Å². The molecule has 0 saturated carbocycles. The first-order valence-electron chi connectivity index (χ1n) is 9.50. The molecule has 3 aliphatic rings. The van der Waals surface area contributed by atoms with Crippen molar-refractivity contribution < 1.29 is 19.4 Å². The number of nitrogens with two attached hydrogens (primary N) is 1. The maximum atomic E-state index is 11.3. The molecule has 1 aromatic carbocycles. The highest BCUT2D eigenvalue weighted by Gasteiger charge is 2.42. The minimum Gasteiger partial charge on any atom is -0.497 e. The van der Waals surface area contributed by atoms with Crippen LogP contribution >= 0.6 is 0 Å². The van der Waals surface area contributed by atoms with Gasteiger partial charge in [-0.1, -0.05) is 6.08 Å². The zero-order valence-electron chi connectivity index (χ0n) is 15.9. The highest BCUT2D eigenvalue weighted by atomic mass is 16.6. The molecule has 7 heteroatoms. The third kappa shape index (κ3) is 3.31. The lowest BCUT2D eigenvalue weighted by molar-refractivity contribution is -0.0445. The lowest BCUT2D eigenvalue weighted by Gasteiger charge is -2.50. The normalized spacial score (nSPS) is 27.4. The lowest BCUT2D eigenvalue weighted by Crippen LogP contribution is -2.54. The number of fused-ring (bicyclic) bond motifs is 4. The Kier molecular flexibility index (Phi) is 4.95. The second kappa shape index (κ2) is 7.41. The molecule has 7 nitrogen and oxygen atoms in total. The molecular weight excluding hydrogens is 358 g/mol. The topological polar surface area (TPSA) is 97.9 Å². The Morgan fingerprint density at radius 1 is 1.46 bits per heavy atom. The third-order valence-electron chi connectivity index (χ3n) is 6.07. The maximum absolute atomic E-state index is 11.3. The second-order valence-corrected chi connectivity index (χ2v) is 7.55. The van der Waals surface area contributed by atoms with E-state index in [0.717, 1.165) is 31.3 Å². The first-order chi connectivity index (χ1) is 13.5. The van der Waals surface area contributed by atoms with Crippen molar-refractivity contribution in [2.24, 2.45) is 17.6 Å². The Morgan fingerprint density at radius 3 is 2.93 bits per heavy atom. The van der Waals surface area contributed by atoms with Crippen molar-refractivity contribution in [1.29, 1.82) is 0 Å². The van der Waals surface area contributed by atoms with Crippen LogP contribution in [0.25, 0.3) is 10.9 Å². The van der Waals surface area contributed by atoms with E-state index in [1.165, 1.54) is 0 Å². The van der Waals surface area contributed by atoms with Crippen LogP contribution in [0.3, 0.4) is 0 Å². The summed E-state index contributed by atoms with van der Waals surface area (Å²) in [7, 11) is 1.59. The van der Waals surface area contributed by atoms with Crippen molar-refractivity contribution in [2.45, 2.75) is 25.0 Å². The fourth-order valence-electron chi connectivity index (χ4n) is 4.65. The Balaban J connectivity index is 1.75. The number of primary amides is 1. The molecule has 4 heterocycles. The average Bonchev–Trinajstić information content (AvgIpc) is 2.72. The predicted octanol–water partition coefficient (Wildman–Crippen LogP) is 2.63. The van der Waals surface area contributed by atoms with Crippen LogP contribution in [0.1, 0.15) is 24.5 Å². The number of aliphatic hydroxyl groups is 1. The van der Waals surface area contributed by atoms with Gasteiger partial charge in [0, 0.05) is 24.0 Å². The molecule has 0 spiro atoms. The number of aliphatic hydroxyl groups excluding tert-OH is 1. The summed E-state index contributed by atoms with van der Waals surface area (Å²) in [6.45, 7) is 5.83. The van der Waals surface area contributed by atoms with Crippen LogP contribution in [0, 0.1) is 11.8 Å². The number of nitrogens with zero attached hydrogens (tertiary/aromatic N) is 2. The summed E-state index contributed by atoms with van der Waals surface area (Å²) in [5, 5.41) is 12.1. The van der Waals surface area contributed by atoms with Gasteiger partial charge in [-0.05, 0) is 55.0 Å². The van der Waals surface area contributed by atoms with Gasteiger partial charge < -0.3 is 20.3 Å². The van der Waals surface area contributed by atoms with E-state index in [2.05, 4.69) is 16.5 Å². The molecule has 3 aliphatic heterocycles. The van der Waals surface area contributed by atoms with Gasteiger partial charge in [0.1, 0.15) is 5.75 Å². The average molecular weight is 383 g/mol. The van der Waals surface area contributed by atoms with Gasteiger partial charge in [-0.25, -0.2) is 9.78 Å². The van der Waals surface area contributed by atoms with E-state index in [4.69, 9.17) is 15.2 Å². The molecule has 28 heavy (non-hydrogen) atoms. The number of carbonyl (C=O) groups is 1. The number of hydrogen-bond donors (Lipinski definition) is 2. The molecule has 2 aromatic rings. The summed E-state index contributed by atoms with van der Waals surface area (Å²) in [5.74, 6) is 1.76. The van der Waals surface area contributed by atoms with Gasteiger partial charge in [0.05, 0.1) is 18.7 Å². The molecule has 3 fully saturated rings. The van der Waals surface area contributed by atoms with Crippen LogP contribution in [-0.2, 0) is 0 Å². The van der Waals surface area contributed by atoms with E-state index in [0.29, 0.717) is 28.7 Å². The summed E-state index contributed by atoms with van der Waals surface area (Å²) < 4.78 is 10.4. The Bertz CT molecular complexity index is 916. The molecule has 148 valence electrons. The molecule has 3 N–H and O–H groups in total. The van der Waals surface area contributed by atoms with Gasteiger partial charge >= 0.3 is 6.09 Å². The number of pyridine rings is 1. The molecule has 2 bridgehead atoms. The van der Waals surface area contributed by atoms with Crippen molar-refractivity contribution in [1.82, 2.24) is 9.88 Å². The number of carbonyl (C=O) groups excluding carboxylic acids is 1. The fourth-order valence-corrected chi connectivity index (χ4v) is 4.65. The van der Waals surface area contributed by atoms with Crippen molar-refractivity contribution in [2.75, 3.05) is 20.2 Å². The first kappa shape index (κ1) is 18.7. The molecule has 5 atom stereocenters. The smallest absolute Gasteiger partial charge is 0.411 e. The minimum absolute atomic E-state index is 0.00632. The highest BCUT2D eigenvalue weighted by Crippen LogP contribution is 2.42. The van der Waals surface area contributed by atoms with Gasteiger partial charge in [0.25, 0.3) is 0 Å². The monoisotopic (exact) mass is 383 g/mol. The standard InChI is InChI=1S/C21H25N3O4/c1-3-12-11-24-7-6-13(12)8-18(24)20(25)16-10-19(28-21(22)26)23-17-5-4-14(27-2)9-15(16)17/h3-5,9-10,12-13,18,20,25H,1,6-8,11H2,2H3,(H2,22,26)/t12-,13?,18-,20+/m0/s1. The van der Waals surface area contributed by atoms with Crippen molar-refractivity contribution in [3.05, 3.63) is 42.5 Å². The summed E-state index contributed by atoms with van der Waals surface area (Å²) >= 11 is 0. The van der Waals surface area contributed by atoms with E-state index in [9.17, 15) is 9.90 Å². The number of benzene rings is 1. The molecule has 1 amide bonds. The third-order valence-corrected chi connectivity index (χ3v) is 6.07. The molecule has 0 radical (unpaired) electrons. The molecule has 2 unspecified atom stereocenters. The van der Waals surface area contributed by atoms with Crippen LogP contribution < -0.4 is 15.2 Å². The Morgan fingerprint density at radius 2 is 2.29 bits per heavy atom. The summed E-state index contributed by atoms with van der Waals surface area (Å²) in [5.41, 5.74) is 6.43. The number of amides is 1. The number of aromatic nitrogens is 1. The Hall–Kier alpha value is -2.64. The second-order valence-electron chi connectivity index (χ2n) is 7.55. The zero-order valence-corrected chi connectivity index (χ0v) is 15.9. The minimum atomic E-state index is -0.935. The number of hydrogen-bond acceptors (Lipinski definition) is 6. The summed E-state index contributed by atoms with van der Waals surface area (Å²) in [6, 6.07) is 7.00.